The first-order valence-corrected chi connectivity index (χ1v) is 9.29. The number of rotatable bonds is 3. The quantitative estimate of drug-likeness (QED) is 0.740. The number of nitrogens with zero attached hydrogens (tertiary/aromatic N) is 2. The zero-order chi connectivity index (χ0) is 18.1. The van der Waals surface area contributed by atoms with Crippen LogP contribution in [0, 0.1) is 0 Å². The largest absolute Gasteiger partial charge is 0.345 e. The highest BCUT2D eigenvalue weighted by atomic mass is 32.2. The molecule has 0 radical (unpaired) electrons. The van der Waals surface area contributed by atoms with Gasteiger partial charge < -0.3 is 10.6 Å². The van der Waals surface area contributed by atoms with Gasteiger partial charge in [0.05, 0.1) is 12.2 Å². The molecule has 0 saturated carbocycles. The van der Waals surface area contributed by atoms with Crippen molar-refractivity contribution < 1.29 is 13.2 Å². The number of amidine groups is 1. The fourth-order valence-electron chi connectivity index (χ4n) is 2.73. The first kappa shape index (κ1) is 16.2. The molecule has 0 saturated heterocycles. The number of fused-ring (bicyclic) bond motifs is 2. The molecule has 4 rings (SSSR count). The summed E-state index contributed by atoms with van der Waals surface area (Å²) in [6.45, 7) is -0.0351. The van der Waals surface area contributed by atoms with Gasteiger partial charge in [-0.25, -0.2) is 0 Å². The maximum absolute atomic E-state index is 12.4. The molecule has 1 aliphatic rings. The molecule has 1 amide bonds. The lowest BCUT2D eigenvalue weighted by molar-refractivity contribution is 0.0959. The van der Waals surface area contributed by atoms with Crippen LogP contribution in [0.25, 0.3) is 10.8 Å². The number of hydrogen-bond acceptors (Lipinski definition) is 5. The summed E-state index contributed by atoms with van der Waals surface area (Å²) in [5, 5.41) is 7.59. The topological polar surface area (TPSA) is 101 Å². The number of carbonyl (C=O) groups is 1. The van der Waals surface area contributed by atoms with Crippen LogP contribution in [0.2, 0.25) is 0 Å². The molecule has 0 bridgehead atoms. The summed E-state index contributed by atoms with van der Waals surface area (Å²) in [7, 11) is -3.82. The molecule has 2 N–H and O–H groups in total. The van der Waals surface area contributed by atoms with Crippen molar-refractivity contribution >= 4 is 38.2 Å². The van der Waals surface area contributed by atoms with E-state index < -0.39 is 10.0 Å². The highest BCUT2D eigenvalue weighted by Gasteiger charge is 2.25. The van der Waals surface area contributed by atoms with Crippen molar-refractivity contribution in [2.45, 2.75) is 4.90 Å². The first-order valence-electron chi connectivity index (χ1n) is 7.85. The Bertz CT molecular complexity index is 1160. The molecule has 8 heteroatoms. The lowest BCUT2D eigenvalue weighted by Gasteiger charge is -2.17. The summed E-state index contributed by atoms with van der Waals surface area (Å²) in [4.78, 5) is 16.2. The molecule has 0 atom stereocenters. The summed E-state index contributed by atoms with van der Waals surface area (Å²) in [5.41, 5.74) is 0.887. The first-order chi connectivity index (χ1) is 12.5. The highest BCUT2D eigenvalue weighted by molar-refractivity contribution is 7.90. The van der Waals surface area contributed by atoms with E-state index in [9.17, 15) is 13.2 Å². The number of pyridine rings is 1. The van der Waals surface area contributed by atoms with Crippen molar-refractivity contribution in [3.05, 3.63) is 66.5 Å². The molecule has 0 unspecified atom stereocenters. The summed E-state index contributed by atoms with van der Waals surface area (Å²) < 4.78 is 28.0. The van der Waals surface area contributed by atoms with Crippen molar-refractivity contribution in [1.29, 1.82) is 0 Å². The minimum atomic E-state index is -3.82. The molecule has 0 fully saturated rings. The number of amides is 1. The van der Waals surface area contributed by atoms with E-state index in [1.165, 1.54) is 12.4 Å². The molecule has 3 aromatic rings. The molecule has 130 valence electrons. The standard InChI is InChI=1S/C18H14N4O3S/c23-18(14-6-5-12-3-1-2-4-13(12)9-14)20-11-17-21-15-7-8-19-10-16(15)26(24,25)22-17/h1-10H,11H2,(H,20,23)(H,21,22). The Balaban J connectivity index is 1.52. The fourth-order valence-corrected chi connectivity index (χ4v) is 3.82. The molecule has 7 nitrogen and oxygen atoms in total. The fraction of sp³-hybridized carbons (Fsp3) is 0.0556. The molecule has 2 aromatic carbocycles. The molecule has 2 heterocycles. The SMILES string of the molecule is O=C(NCC1=NS(=O)(=O)c2cnccc2N1)c1ccc2ccccc2c1. The van der Waals surface area contributed by atoms with E-state index in [1.807, 2.05) is 30.3 Å². The number of nitrogens with one attached hydrogen (secondary N) is 2. The number of hydrogen-bond donors (Lipinski definition) is 2. The van der Waals surface area contributed by atoms with E-state index in [0.29, 0.717) is 11.3 Å². The van der Waals surface area contributed by atoms with Crippen LogP contribution in [0.1, 0.15) is 10.4 Å². The summed E-state index contributed by atoms with van der Waals surface area (Å²) in [5.74, 6) is -0.156. The predicted octanol–water partition coefficient (Wildman–Crippen LogP) is 2.18. The van der Waals surface area contributed by atoms with Crippen LogP contribution in [0.15, 0.2) is 70.2 Å². The van der Waals surface area contributed by atoms with Crippen molar-refractivity contribution in [2.24, 2.45) is 4.40 Å². The molecular formula is C18H14N4O3S. The number of benzene rings is 2. The Morgan fingerprint density at radius 3 is 2.73 bits per heavy atom. The Hall–Kier alpha value is -3.26. The summed E-state index contributed by atoms with van der Waals surface area (Å²) >= 11 is 0. The lowest BCUT2D eigenvalue weighted by Crippen LogP contribution is -2.35. The van der Waals surface area contributed by atoms with Gasteiger partial charge >= 0.3 is 0 Å². The smallest absolute Gasteiger partial charge is 0.287 e. The van der Waals surface area contributed by atoms with Crippen LogP contribution in [0.3, 0.4) is 0 Å². The average molecular weight is 366 g/mol. The van der Waals surface area contributed by atoms with Crippen LogP contribution in [-0.4, -0.2) is 31.7 Å². The molecule has 26 heavy (non-hydrogen) atoms. The predicted molar refractivity (Wildman–Crippen MR) is 98.8 cm³/mol. The lowest BCUT2D eigenvalue weighted by atomic mass is 10.1. The third-order valence-corrected chi connectivity index (χ3v) is 5.34. The van der Waals surface area contributed by atoms with E-state index in [-0.39, 0.29) is 23.2 Å². The number of anilines is 1. The Kier molecular flexibility index (Phi) is 3.89. The maximum Gasteiger partial charge on any atom is 0.287 e. The molecule has 0 spiro atoms. The third-order valence-electron chi connectivity index (χ3n) is 4.00. The van der Waals surface area contributed by atoms with Crippen molar-refractivity contribution in [3.63, 3.8) is 0 Å². The van der Waals surface area contributed by atoms with Gasteiger partial charge in [-0.3, -0.25) is 9.78 Å². The summed E-state index contributed by atoms with van der Waals surface area (Å²) in [6, 6.07) is 14.7. The van der Waals surface area contributed by atoms with Gasteiger partial charge in [-0.05, 0) is 29.0 Å². The molecule has 1 aliphatic heterocycles. The zero-order valence-electron chi connectivity index (χ0n) is 13.5. The normalized spacial score (nSPS) is 14.8. The van der Waals surface area contributed by atoms with Crippen molar-refractivity contribution in [3.8, 4) is 0 Å². The van der Waals surface area contributed by atoms with E-state index in [2.05, 4.69) is 20.0 Å². The zero-order valence-corrected chi connectivity index (χ0v) is 14.3. The van der Waals surface area contributed by atoms with Gasteiger partial charge in [0.2, 0.25) is 0 Å². The Morgan fingerprint density at radius 1 is 1.08 bits per heavy atom. The van der Waals surface area contributed by atoms with E-state index in [0.717, 1.165) is 10.8 Å². The molecule has 0 aliphatic carbocycles. The van der Waals surface area contributed by atoms with Crippen molar-refractivity contribution in [1.82, 2.24) is 10.3 Å². The average Bonchev–Trinajstić information content (AvgIpc) is 2.65. The van der Waals surface area contributed by atoms with Gasteiger partial charge in [-0.1, -0.05) is 30.3 Å². The minimum absolute atomic E-state index is 0.0182. The minimum Gasteiger partial charge on any atom is -0.345 e. The van der Waals surface area contributed by atoms with Gasteiger partial charge in [-0.2, -0.15) is 8.42 Å². The second kappa shape index (κ2) is 6.23. The van der Waals surface area contributed by atoms with E-state index in [4.69, 9.17) is 0 Å². The van der Waals surface area contributed by atoms with Gasteiger partial charge in [0, 0.05) is 18.0 Å². The van der Waals surface area contributed by atoms with Crippen LogP contribution >= 0.6 is 0 Å². The number of sulfonamides is 1. The van der Waals surface area contributed by atoms with Crippen molar-refractivity contribution in [2.75, 3.05) is 11.9 Å². The molecular weight excluding hydrogens is 352 g/mol. The van der Waals surface area contributed by atoms with Crippen LogP contribution < -0.4 is 10.6 Å². The van der Waals surface area contributed by atoms with Gasteiger partial charge in [0.15, 0.2) is 0 Å². The second-order valence-electron chi connectivity index (χ2n) is 5.75. The van der Waals surface area contributed by atoms with E-state index >= 15 is 0 Å². The van der Waals surface area contributed by atoms with Crippen LogP contribution in [-0.2, 0) is 10.0 Å². The summed E-state index contributed by atoms with van der Waals surface area (Å²) in [6.07, 6.45) is 2.73. The van der Waals surface area contributed by atoms with Gasteiger partial charge in [0.25, 0.3) is 15.9 Å². The number of aromatic nitrogens is 1. The third kappa shape index (κ3) is 3.02. The molecule has 1 aromatic heterocycles. The van der Waals surface area contributed by atoms with Gasteiger partial charge in [0.1, 0.15) is 10.7 Å². The monoisotopic (exact) mass is 366 g/mol. The number of carbonyl (C=O) groups excluding carboxylic acids is 1. The maximum atomic E-state index is 12.4. The highest BCUT2D eigenvalue weighted by Crippen LogP contribution is 2.25. The van der Waals surface area contributed by atoms with E-state index in [1.54, 1.807) is 18.2 Å². The van der Waals surface area contributed by atoms with Gasteiger partial charge in [-0.15, -0.1) is 4.40 Å². The Labute approximate surface area is 149 Å². The second-order valence-corrected chi connectivity index (χ2v) is 7.33. The van der Waals surface area contributed by atoms with Crippen LogP contribution in [0.4, 0.5) is 5.69 Å². The van der Waals surface area contributed by atoms with Crippen LogP contribution in [0.5, 0.6) is 0 Å². The Morgan fingerprint density at radius 2 is 1.88 bits per heavy atom.